The van der Waals surface area contributed by atoms with E-state index in [1.807, 2.05) is 104 Å². The van der Waals surface area contributed by atoms with Crippen molar-refractivity contribution in [3.63, 3.8) is 0 Å². The van der Waals surface area contributed by atoms with Crippen LogP contribution >= 0.6 is 0 Å². The number of aromatic nitrogens is 11. The number of nitrogens with zero attached hydrogens (tertiary/aromatic N) is 11. The lowest BCUT2D eigenvalue weighted by molar-refractivity contribution is -0.0539. The lowest BCUT2D eigenvalue weighted by Crippen LogP contribution is -2.24. The van der Waals surface area contributed by atoms with Crippen LogP contribution < -0.4 is 4.74 Å². The van der Waals surface area contributed by atoms with E-state index in [-0.39, 0.29) is 38.7 Å². The molecule has 0 unspecified atom stereocenters. The van der Waals surface area contributed by atoms with Crippen LogP contribution in [0.5, 0.6) is 5.88 Å². The summed E-state index contributed by atoms with van der Waals surface area (Å²) in [4.78, 5) is 3.78. The fourth-order valence-electron chi connectivity index (χ4n) is 5.77. The molecule has 0 amide bonds. The predicted octanol–water partition coefficient (Wildman–Crippen LogP) is 12.6. The van der Waals surface area contributed by atoms with Crippen LogP contribution in [0, 0.1) is 27.7 Å². The zero-order valence-corrected chi connectivity index (χ0v) is 44.2. The highest BCUT2D eigenvalue weighted by Crippen LogP contribution is 2.30. The van der Waals surface area contributed by atoms with Gasteiger partial charge in [-0.2, -0.15) is 39.4 Å². The van der Waals surface area contributed by atoms with Crippen molar-refractivity contribution in [3.8, 4) is 5.88 Å². The van der Waals surface area contributed by atoms with Gasteiger partial charge in [-0.15, -0.1) is 0 Å². The molecule has 6 aromatic rings. The van der Waals surface area contributed by atoms with Crippen LogP contribution in [0.1, 0.15) is 164 Å². The third-order valence-electron chi connectivity index (χ3n) is 9.29. The number of rotatable bonds is 2. The third kappa shape index (κ3) is 21.5. The van der Waals surface area contributed by atoms with Crippen LogP contribution in [0.15, 0.2) is 79.8 Å². The Labute approximate surface area is 390 Å². The van der Waals surface area contributed by atoms with E-state index in [0.717, 1.165) is 11.4 Å². The Kier molecular flexibility index (Phi) is 21.1. The van der Waals surface area contributed by atoms with Crippen molar-refractivity contribution in [1.29, 1.82) is 0 Å². The highest BCUT2D eigenvalue weighted by molar-refractivity contribution is 5.32. The van der Waals surface area contributed by atoms with E-state index in [2.05, 4.69) is 176 Å². The van der Waals surface area contributed by atoms with E-state index in [1.165, 1.54) is 28.7 Å². The maximum absolute atomic E-state index is 12.0. The molecule has 0 spiro atoms. The number of hydrogen-bond donors (Lipinski definition) is 0. The molecule has 0 aliphatic carbocycles. The Bertz CT molecular complexity index is 2160. The van der Waals surface area contributed by atoms with E-state index in [1.54, 1.807) is 12.1 Å². The van der Waals surface area contributed by atoms with Crippen LogP contribution in [0.3, 0.4) is 0 Å². The first-order valence-electron chi connectivity index (χ1n) is 22.2. The zero-order valence-electron chi connectivity index (χ0n) is 44.2. The fourth-order valence-corrected chi connectivity index (χ4v) is 5.77. The van der Waals surface area contributed by atoms with E-state index >= 15 is 0 Å². The molecule has 14 heteroatoms. The quantitative estimate of drug-likeness (QED) is 0.168. The summed E-state index contributed by atoms with van der Waals surface area (Å²) in [6.07, 6.45) is 12.9. The first-order valence-corrected chi connectivity index (χ1v) is 22.2. The molecule has 0 aliphatic rings. The van der Waals surface area contributed by atoms with Gasteiger partial charge in [-0.25, -0.2) is 4.98 Å². The first-order chi connectivity index (χ1) is 29.4. The van der Waals surface area contributed by atoms with Crippen molar-refractivity contribution >= 4 is 0 Å². The number of hydrogen-bond acceptors (Lipinski definition) is 8. The summed E-state index contributed by atoms with van der Waals surface area (Å²) < 4.78 is 36.3. The topological polar surface area (TPSA) is 119 Å². The summed E-state index contributed by atoms with van der Waals surface area (Å²) in [6.45, 7) is 43.3. The molecule has 0 atom stereocenters. The van der Waals surface area contributed by atoms with Gasteiger partial charge in [-0.05, 0) is 142 Å². The van der Waals surface area contributed by atoms with Gasteiger partial charge in [0.25, 0.3) is 0 Å². The molecule has 12 nitrogen and oxygen atoms in total. The molecule has 0 radical (unpaired) electrons. The first kappa shape index (κ1) is 57.7. The van der Waals surface area contributed by atoms with Crippen LogP contribution in [0.4, 0.5) is 8.78 Å². The summed E-state index contributed by atoms with van der Waals surface area (Å²) >= 11 is 0. The molecule has 6 heterocycles. The second-order valence-electron chi connectivity index (χ2n) is 22.2. The summed E-state index contributed by atoms with van der Waals surface area (Å²) in [5, 5.41) is 24.6. The minimum absolute atomic E-state index is 0.00926. The van der Waals surface area contributed by atoms with Crippen LogP contribution in [0.2, 0.25) is 0 Å². The van der Waals surface area contributed by atoms with Gasteiger partial charge in [0, 0.05) is 60.4 Å². The minimum Gasteiger partial charge on any atom is -0.417 e. The molecular formula is C51H83F2N11O. The Morgan fingerprint density at radius 2 is 1.18 bits per heavy atom. The molecule has 0 saturated heterocycles. The largest absolute Gasteiger partial charge is 0.417 e. The van der Waals surface area contributed by atoms with Crippen molar-refractivity contribution in [2.75, 3.05) is 0 Å². The molecule has 6 rings (SSSR count). The minimum atomic E-state index is -2.83. The average Bonchev–Trinajstić information content (AvgIpc) is 3.97. The third-order valence-corrected chi connectivity index (χ3v) is 9.29. The smallest absolute Gasteiger partial charge is 0.388 e. The molecule has 65 heavy (non-hydrogen) atoms. The number of pyridine rings is 1. The van der Waals surface area contributed by atoms with E-state index in [4.69, 9.17) is 0 Å². The fraction of sp³-hybridized carbons (Fsp3) is 0.588. The average molecular weight is 904 g/mol. The van der Waals surface area contributed by atoms with Crippen LogP contribution in [-0.2, 0) is 39.9 Å². The second-order valence-corrected chi connectivity index (χ2v) is 22.2. The zero-order chi connectivity index (χ0) is 50.4. The van der Waals surface area contributed by atoms with Crippen molar-refractivity contribution in [3.05, 3.63) is 119 Å². The monoisotopic (exact) mass is 904 g/mol. The molecule has 0 saturated carbocycles. The Balaban J connectivity index is 0.000000392. The Morgan fingerprint density at radius 1 is 0.600 bits per heavy atom. The summed E-state index contributed by atoms with van der Waals surface area (Å²) in [5.74, 6) is 0.00926. The number of halogens is 2. The molecule has 362 valence electrons. The van der Waals surface area contributed by atoms with E-state index < -0.39 is 6.61 Å². The van der Waals surface area contributed by atoms with Crippen molar-refractivity contribution in [2.24, 2.45) is 7.05 Å². The standard InChI is InChI=1S/C10H13F2NO.C9H14N2.4C8H14N2/c1-10(2,3)7-5-4-6-13-8(7)14-9(11)12;1-7-5-8(6-10-11-7)9(2,3)4;1-7-5-9-10(6-7)8(2,3)4;1-8(2,3)7-5-6-9-10(7)4;1-7-5-6-10(9-7)8(2,3)4;1-7-5-6-9-10(7)8(2,3)4/h4-6,9H,1-3H3;5-6H,1-4H3;4*5-6H,1-4H3. The van der Waals surface area contributed by atoms with Gasteiger partial charge in [0.2, 0.25) is 5.88 Å². The van der Waals surface area contributed by atoms with Gasteiger partial charge >= 0.3 is 6.61 Å². The summed E-state index contributed by atoms with van der Waals surface area (Å²) in [6, 6.07) is 11.6. The number of alkyl halides is 2. The lowest BCUT2D eigenvalue weighted by atomic mass is 9.88. The molecule has 0 fully saturated rings. The molecular weight excluding hydrogens is 821 g/mol. The summed E-state index contributed by atoms with van der Waals surface area (Å²) in [5.41, 5.74) is 8.19. The van der Waals surface area contributed by atoms with Gasteiger partial charge in [0.1, 0.15) is 0 Å². The van der Waals surface area contributed by atoms with Gasteiger partial charge < -0.3 is 4.74 Å². The van der Waals surface area contributed by atoms with Crippen molar-refractivity contribution in [1.82, 2.24) is 54.3 Å². The van der Waals surface area contributed by atoms with E-state index in [9.17, 15) is 8.78 Å². The molecule has 0 aromatic carbocycles. The molecule has 0 bridgehead atoms. The molecule has 6 aromatic heterocycles. The summed E-state index contributed by atoms with van der Waals surface area (Å²) in [7, 11) is 1.97. The highest BCUT2D eigenvalue weighted by Gasteiger charge is 2.22. The Morgan fingerprint density at radius 3 is 1.48 bits per heavy atom. The van der Waals surface area contributed by atoms with Gasteiger partial charge in [0.15, 0.2) is 0 Å². The van der Waals surface area contributed by atoms with Gasteiger partial charge in [-0.1, -0.05) is 68.4 Å². The number of ether oxygens (including phenoxy) is 1. The second kappa shape index (κ2) is 23.8. The molecule has 0 aliphatic heterocycles. The van der Waals surface area contributed by atoms with Crippen LogP contribution in [-0.4, -0.2) is 60.9 Å². The molecule has 0 N–H and O–H groups in total. The lowest BCUT2D eigenvalue weighted by Gasteiger charge is -2.21. The number of aryl methyl sites for hydroxylation is 5. The van der Waals surface area contributed by atoms with Gasteiger partial charge in [-0.3, -0.25) is 18.7 Å². The normalized spacial score (nSPS) is 11.9. The highest BCUT2D eigenvalue weighted by atomic mass is 19.3. The Hall–Kier alpha value is -5.27. The van der Waals surface area contributed by atoms with Crippen molar-refractivity contribution < 1.29 is 13.5 Å². The van der Waals surface area contributed by atoms with Gasteiger partial charge in [0.05, 0.1) is 40.4 Å². The maximum Gasteiger partial charge on any atom is 0.388 e. The maximum atomic E-state index is 12.0. The van der Waals surface area contributed by atoms with E-state index in [0.29, 0.717) is 5.56 Å². The van der Waals surface area contributed by atoms with Crippen LogP contribution in [0.25, 0.3) is 0 Å². The SMILES string of the molecule is CC(C)(C)c1cccnc1OC(F)F.Cc1cc(C(C)(C)C)cnn1.Cc1ccn(C(C)(C)C)n1.Cc1ccnn1C(C)(C)C.Cc1cnn(C(C)(C)C)c1.Cn1nccc1C(C)(C)C. The van der Waals surface area contributed by atoms with Crippen molar-refractivity contribution in [2.45, 2.75) is 192 Å². The predicted molar refractivity (Wildman–Crippen MR) is 263 cm³/mol.